The summed E-state index contributed by atoms with van der Waals surface area (Å²) in [4.78, 5) is 22.5. The first kappa shape index (κ1) is 17.3. The number of halogens is 1. The molecular weight excluding hydrogens is 294 g/mol. The van der Waals surface area contributed by atoms with Gasteiger partial charge in [-0.3, -0.25) is 4.79 Å². The number of hydrogen-bond donors (Lipinski definition) is 1. The maximum atomic E-state index is 11.4. The van der Waals surface area contributed by atoms with Crippen LogP contribution in [-0.4, -0.2) is 25.4 Å². The molecule has 1 aromatic rings. The van der Waals surface area contributed by atoms with Crippen LogP contribution in [0.5, 0.6) is 0 Å². The third-order valence-electron chi connectivity index (χ3n) is 2.86. The number of ether oxygens (including phenoxy) is 2. The summed E-state index contributed by atoms with van der Waals surface area (Å²) in [6.07, 6.45) is 0.405. The van der Waals surface area contributed by atoms with Crippen molar-refractivity contribution < 1.29 is 19.1 Å². The van der Waals surface area contributed by atoms with Gasteiger partial charge >= 0.3 is 12.1 Å². The van der Waals surface area contributed by atoms with Crippen LogP contribution >= 0.6 is 11.6 Å². The first-order valence-corrected chi connectivity index (χ1v) is 7.22. The highest BCUT2D eigenvalue weighted by Crippen LogP contribution is 2.17. The SMILES string of the molecule is CCCC(=O)OCOC(=O)NC[C@@H](C)c1ccc(Cl)cc1. The van der Waals surface area contributed by atoms with E-state index in [1.807, 2.05) is 26.0 Å². The predicted octanol–water partition coefficient (Wildman–Crippen LogP) is 3.47. The topological polar surface area (TPSA) is 64.6 Å². The van der Waals surface area contributed by atoms with Gasteiger partial charge in [-0.2, -0.15) is 0 Å². The highest BCUT2D eigenvalue weighted by molar-refractivity contribution is 6.30. The van der Waals surface area contributed by atoms with Gasteiger partial charge in [0.15, 0.2) is 0 Å². The van der Waals surface area contributed by atoms with Crippen LogP contribution in [-0.2, 0) is 14.3 Å². The Morgan fingerprint density at radius 3 is 2.52 bits per heavy atom. The molecule has 0 aliphatic heterocycles. The first-order valence-electron chi connectivity index (χ1n) is 6.84. The maximum absolute atomic E-state index is 11.4. The average molecular weight is 314 g/mol. The van der Waals surface area contributed by atoms with E-state index >= 15 is 0 Å². The Morgan fingerprint density at radius 2 is 1.90 bits per heavy atom. The molecule has 0 heterocycles. The molecule has 1 amide bonds. The van der Waals surface area contributed by atoms with E-state index in [0.29, 0.717) is 24.4 Å². The molecule has 0 aromatic heterocycles. The molecule has 0 saturated heterocycles. The normalized spacial score (nSPS) is 11.6. The summed E-state index contributed by atoms with van der Waals surface area (Å²) >= 11 is 5.82. The van der Waals surface area contributed by atoms with Gasteiger partial charge in [-0.05, 0) is 30.0 Å². The Morgan fingerprint density at radius 1 is 1.24 bits per heavy atom. The molecule has 5 nitrogen and oxygen atoms in total. The van der Waals surface area contributed by atoms with Crippen LogP contribution in [0.25, 0.3) is 0 Å². The summed E-state index contributed by atoms with van der Waals surface area (Å²) in [5, 5.41) is 3.29. The van der Waals surface area contributed by atoms with Crippen molar-refractivity contribution in [1.82, 2.24) is 5.32 Å². The van der Waals surface area contributed by atoms with Crippen LogP contribution in [0.4, 0.5) is 4.79 Å². The van der Waals surface area contributed by atoms with Crippen LogP contribution in [0.3, 0.4) is 0 Å². The summed E-state index contributed by atoms with van der Waals surface area (Å²) in [7, 11) is 0. The Kier molecular flexibility index (Phi) is 7.61. The van der Waals surface area contributed by atoms with Gasteiger partial charge in [-0.15, -0.1) is 0 Å². The van der Waals surface area contributed by atoms with Crippen molar-refractivity contribution in [2.75, 3.05) is 13.3 Å². The van der Waals surface area contributed by atoms with Gasteiger partial charge < -0.3 is 14.8 Å². The molecule has 116 valence electrons. The molecule has 0 radical (unpaired) electrons. The van der Waals surface area contributed by atoms with E-state index in [0.717, 1.165) is 5.56 Å². The number of benzene rings is 1. The monoisotopic (exact) mass is 313 g/mol. The fourth-order valence-electron chi connectivity index (χ4n) is 1.62. The van der Waals surface area contributed by atoms with E-state index in [1.165, 1.54) is 0 Å². The molecule has 0 spiro atoms. The van der Waals surface area contributed by atoms with Crippen molar-refractivity contribution >= 4 is 23.7 Å². The molecule has 0 unspecified atom stereocenters. The van der Waals surface area contributed by atoms with Gasteiger partial charge in [0.1, 0.15) is 0 Å². The number of carbonyl (C=O) groups is 2. The smallest absolute Gasteiger partial charge is 0.410 e. The second kappa shape index (κ2) is 9.23. The summed E-state index contributed by atoms with van der Waals surface area (Å²) in [6, 6.07) is 7.43. The van der Waals surface area contributed by atoms with E-state index in [4.69, 9.17) is 21.1 Å². The van der Waals surface area contributed by atoms with Crippen molar-refractivity contribution in [2.45, 2.75) is 32.6 Å². The van der Waals surface area contributed by atoms with E-state index in [-0.39, 0.29) is 18.7 Å². The van der Waals surface area contributed by atoms with Crippen molar-refractivity contribution in [3.63, 3.8) is 0 Å². The van der Waals surface area contributed by atoms with E-state index < -0.39 is 6.09 Å². The summed E-state index contributed by atoms with van der Waals surface area (Å²) in [5.74, 6) is -0.253. The second-order valence-corrected chi connectivity index (χ2v) is 5.09. The van der Waals surface area contributed by atoms with Gasteiger partial charge in [0.25, 0.3) is 0 Å². The van der Waals surface area contributed by atoms with Gasteiger partial charge in [0.2, 0.25) is 6.79 Å². The van der Waals surface area contributed by atoms with Crippen LogP contribution in [0.1, 0.15) is 38.2 Å². The lowest BCUT2D eigenvalue weighted by Crippen LogP contribution is -2.29. The zero-order valence-electron chi connectivity index (χ0n) is 12.2. The highest BCUT2D eigenvalue weighted by atomic mass is 35.5. The molecule has 1 aromatic carbocycles. The largest absolute Gasteiger partial charge is 0.428 e. The third-order valence-corrected chi connectivity index (χ3v) is 3.11. The number of alkyl carbamates (subject to hydrolysis) is 1. The first-order chi connectivity index (χ1) is 10.0. The van der Waals surface area contributed by atoms with Crippen molar-refractivity contribution in [3.8, 4) is 0 Å². The molecule has 0 saturated carbocycles. The molecule has 21 heavy (non-hydrogen) atoms. The Hall–Kier alpha value is -1.75. The van der Waals surface area contributed by atoms with Gasteiger partial charge in [0.05, 0.1) is 0 Å². The second-order valence-electron chi connectivity index (χ2n) is 4.65. The summed E-state index contributed by atoms with van der Waals surface area (Å²) in [6.45, 7) is 3.90. The van der Waals surface area contributed by atoms with Crippen molar-refractivity contribution in [2.24, 2.45) is 0 Å². The number of amides is 1. The lowest BCUT2D eigenvalue weighted by Gasteiger charge is -2.13. The number of esters is 1. The van der Waals surface area contributed by atoms with Crippen LogP contribution in [0.15, 0.2) is 24.3 Å². The molecule has 1 rings (SSSR count). The molecule has 6 heteroatoms. The molecule has 0 fully saturated rings. The van der Waals surface area contributed by atoms with Gasteiger partial charge in [0, 0.05) is 18.0 Å². The number of nitrogens with one attached hydrogen (secondary N) is 1. The zero-order valence-corrected chi connectivity index (χ0v) is 13.0. The standard InChI is InChI=1S/C15H20ClNO4/c1-3-4-14(18)20-10-21-15(19)17-9-11(2)12-5-7-13(16)8-6-12/h5-8,11H,3-4,9-10H2,1-2H3,(H,17,19)/t11-/m1/s1. The summed E-state index contributed by atoms with van der Waals surface area (Å²) in [5.41, 5.74) is 1.06. The summed E-state index contributed by atoms with van der Waals surface area (Å²) < 4.78 is 9.47. The van der Waals surface area contributed by atoms with Gasteiger partial charge in [-0.1, -0.05) is 37.6 Å². The van der Waals surface area contributed by atoms with Crippen LogP contribution in [0, 0.1) is 0 Å². The minimum atomic E-state index is -0.611. The van der Waals surface area contributed by atoms with Crippen molar-refractivity contribution in [1.29, 1.82) is 0 Å². The minimum absolute atomic E-state index is 0.123. The van der Waals surface area contributed by atoms with Crippen LogP contribution in [0.2, 0.25) is 5.02 Å². The Balaban J connectivity index is 2.23. The fourth-order valence-corrected chi connectivity index (χ4v) is 1.75. The molecule has 1 atom stereocenters. The number of rotatable bonds is 7. The fraction of sp³-hybridized carbons (Fsp3) is 0.467. The quantitative estimate of drug-likeness (QED) is 0.618. The molecule has 0 aliphatic rings. The molecule has 0 bridgehead atoms. The minimum Gasteiger partial charge on any atom is -0.428 e. The molecule has 0 aliphatic carbocycles. The van der Waals surface area contributed by atoms with Gasteiger partial charge in [-0.25, -0.2) is 4.79 Å². The molecule has 1 N–H and O–H groups in total. The van der Waals surface area contributed by atoms with E-state index in [1.54, 1.807) is 12.1 Å². The number of carbonyl (C=O) groups excluding carboxylic acids is 2. The number of hydrogen-bond acceptors (Lipinski definition) is 4. The third kappa shape index (κ3) is 6.99. The molecular formula is C15H20ClNO4. The Bertz CT molecular complexity index is 461. The van der Waals surface area contributed by atoms with E-state index in [2.05, 4.69) is 5.32 Å². The highest BCUT2D eigenvalue weighted by Gasteiger charge is 2.09. The van der Waals surface area contributed by atoms with E-state index in [9.17, 15) is 9.59 Å². The lowest BCUT2D eigenvalue weighted by molar-refractivity contribution is -0.151. The predicted molar refractivity (Wildman–Crippen MR) is 80.2 cm³/mol. The zero-order chi connectivity index (χ0) is 15.7. The van der Waals surface area contributed by atoms with Crippen LogP contribution < -0.4 is 5.32 Å². The Labute approximate surface area is 129 Å². The lowest BCUT2D eigenvalue weighted by atomic mass is 10.0. The maximum Gasteiger partial charge on any atom is 0.410 e. The van der Waals surface area contributed by atoms with Crippen molar-refractivity contribution in [3.05, 3.63) is 34.9 Å². The average Bonchev–Trinajstić information content (AvgIpc) is 2.46.